The van der Waals surface area contributed by atoms with E-state index >= 15 is 0 Å². The highest BCUT2D eigenvalue weighted by Gasteiger charge is 2.42. The van der Waals surface area contributed by atoms with Crippen LogP contribution in [0.2, 0.25) is 0 Å². The van der Waals surface area contributed by atoms with Crippen LogP contribution >= 0.6 is 0 Å². The summed E-state index contributed by atoms with van der Waals surface area (Å²) < 4.78 is 0. The van der Waals surface area contributed by atoms with Crippen molar-refractivity contribution in [1.29, 1.82) is 0 Å². The molecule has 1 aromatic rings. The van der Waals surface area contributed by atoms with Gasteiger partial charge in [-0.05, 0) is 102 Å². The number of piperidine rings is 3. The molecule has 0 N–H and O–H groups in total. The number of anilines is 1. The van der Waals surface area contributed by atoms with Crippen molar-refractivity contribution >= 4 is 5.95 Å². The van der Waals surface area contributed by atoms with Crippen LogP contribution in [0.25, 0.3) is 0 Å². The van der Waals surface area contributed by atoms with Gasteiger partial charge in [0.05, 0.1) is 0 Å². The van der Waals surface area contributed by atoms with Crippen LogP contribution in [0, 0.1) is 11.8 Å². The molecule has 2 unspecified atom stereocenters. The first-order chi connectivity index (χ1) is 15.6. The van der Waals surface area contributed by atoms with Gasteiger partial charge in [-0.2, -0.15) is 0 Å². The summed E-state index contributed by atoms with van der Waals surface area (Å²) >= 11 is 0. The lowest BCUT2D eigenvalue weighted by Gasteiger charge is -2.43. The molecule has 4 fully saturated rings. The number of hydrogen-bond acceptors (Lipinski definition) is 5. The van der Waals surface area contributed by atoms with Crippen molar-refractivity contribution in [1.82, 2.24) is 19.8 Å². The van der Waals surface area contributed by atoms with E-state index in [1.54, 1.807) is 0 Å². The Hall–Kier alpha value is -1.20. The molecule has 5 nitrogen and oxygen atoms in total. The quantitative estimate of drug-likeness (QED) is 0.628. The number of nitrogens with zero attached hydrogens (tertiary/aromatic N) is 5. The molecule has 178 valence electrons. The van der Waals surface area contributed by atoms with Gasteiger partial charge in [0.25, 0.3) is 0 Å². The summed E-state index contributed by atoms with van der Waals surface area (Å²) in [6.45, 7) is 13.2. The van der Waals surface area contributed by atoms with E-state index in [-0.39, 0.29) is 0 Å². The van der Waals surface area contributed by atoms with E-state index in [9.17, 15) is 0 Å². The molecule has 4 aliphatic rings. The Bertz CT molecular complexity index is 704. The summed E-state index contributed by atoms with van der Waals surface area (Å²) in [6, 6.07) is 2.28. The fraction of sp³-hybridized carbons (Fsp3) is 0.852. The van der Waals surface area contributed by atoms with E-state index in [1.165, 1.54) is 83.0 Å². The zero-order valence-electron chi connectivity index (χ0n) is 20.8. The van der Waals surface area contributed by atoms with E-state index in [4.69, 9.17) is 9.97 Å². The number of rotatable bonds is 6. The summed E-state index contributed by atoms with van der Waals surface area (Å²) in [4.78, 5) is 17.6. The van der Waals surface area contributed by atoms with Gasteiger partial charge in [0, 0.05) is 50.2 Å². The van der Waals surface area contributed by atoms with Crippen LogP contribution in [0.5, 0.6) is 0 Å². The summed E-state index contributed by atoms with van der Waals surface area (Å²) in [7, 11) is 0. The normalized spacial score (nSPS) is 31.0. The SMILES string of the molecule is CCC1CCN(c2ncc(C3CC4CCC(C3)N4CC3CCN(C(C)C)CC3)cn2)CC1. The molecule has 5 heteroatoms. The van der Waals surface area contributed by atoms with Crippen LogP contribution in [-0.4, -0.2) is 70.6 Å². The third-order valence-electron chi connectivity index (χ3n) is 9.34. The van der Waals surface area contributed by atoms with Crippen molar-refractivity contribution in [2.75, 3.05) is 37.6 Å². The molecule has 0 aliphatic carbocycles. The minimum absolute atomic E-state index is 0.659. The molecule has 2 bridgehead atoms. The molecule has 2 atom stereocenters. The van der Waals surface area contributed by atoms with Crippen molar-refractivity contribution < 1.29 is 0 Å². The van der Waals surface area contributed by atoms with E-state index in [0.717, 1.165) is 43.0 Å². The maximum Gasteiger partial charge on any atom is 0.225 e. The highest BCUT2D eigenvalue weighted by atomic mass is 15.3. The van der Waals surface area contributed by atoms with Crippen molar-refractivity contribution in [3.63, 3.8) is 0 Å². The maximum atomic E-state index is 4.83. The molecule has 5 rings (SSSR count). The van der Waals surface area contributed by atoms with Crippen LogP contribution in [0.15, 0.2) is 12.4 Å². The van der Waals surface area contributed by atoms with Gasteiger partial charge in [-0.3, -0.25) is 4.90 Å². The molecule has 1 aromatic heterocycles. The van der Waals surface area contributed by atoms with Gasteiger partial charge < -0.3 is 9.80 Å². The Balaban J connectivity index is 1.14. The fourth-order valence-corrected chi connectivity index (χ4v) is 7.04. The minimum atomic E-state index is 0.659. The summed E-state index contributed by atoms with van der Waals surface area (Å²) in [5.74, 6) is 3.42. The maximum absolute atomic E-state index is 4.83. The van der Waals surface area contributed by atoms with Gasteiger partial charge in [0.15, 0.2) is 0 Å². The first kappa shape index (κ1) is 22.6. The predicted molar refractivity (Wildman–Crippen MR) is 132 cm³/mol. The molecule has 4 saturated heterocycles. The van der Waals surface area contributed by atoms with Gasteiger partial charge >= 0.3 is 0 Å². The van der Waals surface area contributed by atoms with Crippen molar-refractivity contribution in [3.05, 3.63) is 18.0 Å². The van der Waals surface area contributed by atoms with Gasteiger partial charge in [0.2, 0.25) is 5.95 Å². The van der Waals surface area contributed by atoms with Crippen LogP contribution in [0.3, 0.4) is 0 Å². The molecule has 32 heavy (non-hydrogen) atoms. The Kier molecular flexibility index (Phi) is 7.03. The number of aromatic nitrogens is 2. The second-order valence-corrected chi connectivity index (χ2v) is 11.5. The monoisotopic (exact) mass is 439 g/mol. The van der Waals surface area contributed by atoms with Crippen molar-refractivity contribution in [2.45, 2.75) is 103 Å². The number of fused-ring (bicyclic) bond motifs is 2. The summed E-state index contributed by atoms with van der Waals surface area (Å²) in [6.07, 6.45) is 16.4. The van der Waals surface area contributed by atoms with Crippen LogP contribution < -0.4 is 4.90 Å². The summed E-state index contributed by atoms with van der Waals surface area (Å²) in [5.41, 5.74) is 1.39. The fourth-order valence-electron chi connectivity index (χ4n) is 7.04. The van der Waals surface area contributed by atoms with E-state index < -0.39 is 0 Å². The third-order valence-corrected chi connectivity index (χ3v) is 9.34. The van der Waals surface area contributed by atoms with Gasteiger partial charge in [-0.1, -0.05) is 13.3 Å². The predicted octanol–water partition coefficient (Wildman–Crippen LogP) is 4.93. The second-order valence-electron chi connectivity index (χ2n) is 11.5. The zero-order chi connectivity index (χ0) is 22.1. The van der Waals surface area contributed by atoms with E-state index in [0.29, 0.717) is 12.0 Å². The van der Waals surface area contributed by atoms with Crippen molar-refractivity contribution in [3.8, 4) is 0 Å². The Morgan fingerprint density at radius 1 is 0.844 bits per heavy atom. The van der Waals surface area contributed by atoms with Gasteiger partial charge in [0.1, 0.15) is 0 Å². The Morgan fingerprint density at radius 3 is 2.00 bits per heavy atom. The molecular formula is C27H45N5. The van der Waals surface area contributed by atoms with Crippen LogP contribution in [-0.2, 0) is 0 Å². The third kappa shape index (κ3) is 4.84. The molecule has 5 heterocycles. The average Bonchev–Trinajstić information content (AvgIpc) is 3.05. The molecule has 0 aromatic carbocycles. The smallest absolute Gasteiger partial charge is 0.225 e. The van der Waals surface area contributed by atoms with E-state index in [2.05, 4.69) is 47.9 Å². The first-order valence-corrected chi connectivity index (χ1v) is 13.7. The Labute approximate surface area is 196 Å². The average molecular weight is 440 g/mol. The molecule has 4 aliphatic heterocycles. The topological polar surface area (TPSA) is 35.5 Å². The molecule has 0 spiro atoms. The lowest BCUT2D eigenvalue weighted by molar-refractivity contribution is 0.0736. The molecule has 0 saturated carbocycles. The van der Waals surface area contributed by atoms with Crippen molar-refractivity contribution in [2.24, 2.45) is 11.8 Å². The van der Waals surface area contributed by atoms with Crippen LogP contribution in [0.1, 0.15) is 90.0 Å². The molecule has 0 amide bonds. The zero-order valence-corrected chi connectivity index (χ0v) is 20.8. The number of hydrogen-bond donors (Lipinski definition) is 0. The largest absolute Gasteiger partial charge is 0.341 e. The van der Waals surface area contributed by atoms with Gasteiger partial charge in [-0.15, -0.1) is 0 Å². The highest BCUT2D eigenvalue weighted by molar-refractivity contribution is 5.31. The highest BCUT2D eigenvalue weighted by Crippen LogP contribution is 2.43. The lowest BCUT2D eigenvalue weighted by Crippen LogP contribution is -2.47. The minimum Gasteiger partial charge on any atom is -0.341 e. The first-order valence-electron chi connectivity index (χ1n) is 13.7. The molecular weight excluding hydrogens is 394 g/mol. The Morgan fingerprint density at radius 2 is 1.44 bits per heavy atom. The second kappa shape index (κ2) is 9.97. The van der Waals surface area contributed by atoms with E-state index in [1.807, 2.05) is 0 Å². The standard InChI is InChI=1S/C27H45N5/c1-4-21-7-13-31(14-8-21)27-28-17-24(18-29-27)23-15-25-5-6-26(16-23)32(25)19-22-9-11-30(12-10-22)20(2)3/h17-18,20-23,25-26H,4-16,19H2,1-3H3. The van der Waals surface area contributed by atoms with Gasteiger partial charge in [-0.25, -0.2) is 9.97 Å². The molecule has 0 radical (unpaired) electrons. The lowest BCUT2D eigenvalue weighted by atomic mass is 9.85. The number of likely N-dealkylation sites (tertiary alicyclic amines) is 1. The van der Waals surface area contributed by atoms with Crippen LogP contribution in [0.4, 0.5) is 5.95 Å². The summed E-state index contributed by atoms with van der Waals surface area (Å²) in [5, 5.41) is 0.